The van der Waals surface area contributed by atoms with Crippen LogP contribution in [0, 0.1) is 0 Å². The Hall–Kier alpha value is -0.900. The van der Waals surface area contributed by atoms with Gasteiger partial charge in [0.05, 0.1) is 11.6 Å². The highest BCUT2D eigenvalue weighted by Gasteiger charge is 2.37. The maximum Gasteiger partial charge on any atom is 0.0798 e. The molecule has 0 aromatic heterocycles. The molecule has 2 atom stereocenters. The summed E-state index contributed by atoms with van der Waals surface area (Å²) in [5.74, 6) is 0. The van der Waals surface area contributed by atoms with Crippen LogP contribution in [0.2, 0.25) is 0 Å². The Kier molecular flexibility index (Phi) is 4.38. The number of nitrogens with zero attached hydrogens (tertiary/aromatic N) is 1. The molecule has 2 N–H and O–H groups in total. The van der Waals surface area contributed by atoms with Crippen LogP contribution in [0.25, 0.3) is 0 Å². The van der Waals surface area contributed by atoms with Gasteiger partial charge in [0, 0.05) is 13.1 Å². The third-order valence-corrected chi connectivity index (χ3v) is 3.94. The van der Waals surface area contributed by atoms with Crippen LogP contribution in [0.1, 0.15) is 25.8 Å². The predicted molar refractivity (Wildman–Crippen MR) is 74.4 cm³/mol. The third kappa shape index (κ3) is 3.10. The van der Waals surface area contributed by atoms with Crippen LogP contribution < -0.4 is 5.32 Å². The van der Waals surface area contributed by atoms with Gasteiger partial charge in [0.15, 0.2) is 0 Å². The topological polar surface area (TPSA) is 35.5 Å². The summed E-state index contributed by atoms with van der Waals surface area (Å²) >= 11 is 0. The van der Waals surface area contributed by atoms with Crippen molar-refractivity contribution in [2.24, 2.45) is 0 Å². The van der Waals surface area contributed by atoms with Crippen molar-refractivity contribution >= 4 is 0 Å². The minimum atomic E-state index is -0.587. The molecule has 100 valence electrons. The molecule has 0 aliphatic carbocycles. The number of nitrogens with one attached hydrogen (secondary N) is 1. The Morgan fingerprint density at radius 3 is 2.72 bits per heavy atom. The SMILES string of the molecule is CCN(Cc1ccccc1)C1CNCCC1(C)O. The molecular weight excluding hydrogens is 224 g/mol. The first-order chi connectivity index (χ1) is 8.63. The second kappa shape index (κ2) is 5.83. The third-order valence-electron chi connectivity index (χ3n) is 3.94. The summed E-state index contributed by atoms with van der Waals surface area (Å²) in [5.41, 5.74) is 0.719. The summed E-state index contributed by atoms with van der Waals surface area (Å²) in [5, 5.41) is 13.9. The number of hydrogen-bond acceptors (Lipinski definition) is 3. The maximum atomic E-state index is 10.5. The van der Waals surface area contributed by atoms with Gasteiger partial charge in [-0.05, 0) is 32.0 Å². The molecule has 2 unspecified atom stereocenters. The Labute approximate surface area is 110 Å². The molecule has 1 saturated heterocycles. The molecule has 0 radical (unpaired) electrons. The van der Waals surface area contributed by atoms with E-state index in [0.29, 0.717) is 0 Å². The Bertz CT molecular complexity index is 364. The first kappa shape index (κ1) is 13.5. The van der Waals surface area contributed by atoms with E-state index in [1.807, 2.05) is 13.0 Å². The molecule has 18 heavy (non-hydrogen) atoms. The number of benzene rings is 1. The van der Waals surface area contributed by atoms with Gasteiger partial charge >= 0.3 is 0 Å². The number of piperidine rings is 1. The number of aliphatic hydroxyl groups is 1. The smallest absolute Gasteiger partial charge is 0.0798 e. The van der Waals surface area contributed by atoms with E-state index >= 15 is 0 Å². The second-order valence-electron chi connectivity index (χ2n) is 5.38. The van der Waals surface area contributed by atoms with Crippen molar-refractivity contribution in [1.29, 1.82) is 0 Å². The molecule has 1 aromatic carbocycles. The lowest BCUT2D eigenvalue weighted by molar-refractivity contribution is -0.0541. The molecule has 2 rings (SSSR count). The van der Waals surface area contributed by atoms with E-state index in [1.54, 1.807) is 0 Å². The minimum absolute atomic E-state index is 0.191. The van der Waals surface area contributed by atoms with Crippen molar-refractivity contribution in [2.75, 3.05) is 19.6 Å². The molecule has 0 spiro atoms. The molecule has 1 aliphatic heterocycles. The lowest BCUT2D eigenvalue weighted by atomic mass is 9.88. The lowest BCUT2D eigenvalue weighted by Crippen LogP contribution is -2.59. The average molecular weight is 248 g/mol. The Morgan fingerprint density at radius 1 is 1.39 bits per heavy atom. The summed E-state index contributed by atoms with van der Waals surface area (Å²) in [6.45, 7) is 7.76. The highest BCUT2D eigenvalue weighted by atomic mass is 16.3. The normalized spacial score (nSPS) is 28.6. The highest BCUT2D eigenvalue weighted by Crippen LogP contribution is 2.23. The van der Waals surface area contributed by atoms with Crippen molar-refractivity contribution in [2.45, 2.75) is 38.5 Å². The molecular formula is C15H24N2O. The maximum absolute atomic E-state index is 10.5. The molecule has 0 amide bonds. The fourth-order valence-electron chi connectivity index (χ4n) is 2.75. The largest absolute Gasteiger partial charge is 0.388 e. The quantitative estimate of drug-likeness (QED) is 0.850. The molecule has 0 bridgehead atoms. The zero-order valence-electron chi connectivity index (χ0n) is 11.4. The van der Waals surface area contributed by atoms with Crippen LogP contribution in [0.4, 0.5) is 0 Å². The molecule has 1 fully saturated rings. The zero-order chi connectivity index (χ0) is 13.0. The molecule has 0 saturated carbocycles. The fraction of sp³-hybridized carbons (Fsp3) is 0.600. The summed E-state index contributed by atoms with van der Waals surface area (Å²) in [4.78, 5) is 2.36. The van der Waals surface area contributed by atoms with Gasteiger partial charge in [-0.15, -0.1) is 0 Å². The van der Waals surface area contributed by atoms with Gasteiger partial charge in [-0.1, -0.05) is 37.3 Å². The van der Waals surface area contributed by atoms with Crippen molar-refractivity contribution in [1.82, 2.24) is 10.2 Å². The lowest BCUT2D eigenvalue weighted by Gasteiger charge is -2.44. The van der Waals surface area contributed by atoms with Crippen LogP contribution in [-0.2, 0) is 6.54 Å². The van der Waals surface area contributed by atoms with Gasteiger partial charge in [-0.3, -0.25) is 4.90 Å². The number of rotatable bonds is 4. The first-order valence-electron chi connectivity index (χ1n) is 6.84. The summed E-state index contributed by atoms with van der Waals surface area (Å²) in [6, 6.07) is 10.7. The average Bonchev–Trinajstić information content (AvgIpc) is 2.37. The summed E-state index contributed by atoms with van der Waals surface area (Å²) < 4.78 is 0. The van der Waals surface area contributed by atoms with Crippen LogP contribution >= 0.6 is 0 Å². The van der Waals surface area contributed by atoms with Crippen LogP contribution in [0.5, 0.6) is 0 Å². The predicted octanol–water partition coefficient (Wildman–Crippen LogP) is 1.62. The fourth-order valence-corrected chi connectivity index (χ4v) is 2.75. The second-order valence-corrected chi connectivity index (χ2v) is 5.38. The Morgan fingerprint density at radius 2 is 2.11 bits per heavy atom. The molecule has 3 nitrogen and oxygen atoms in total. The van der Waals surface area contributed by atoms with E-state index in [-0.39, 0.29) is 6.04 Å². The van der Waals surface area contributed by atoms with E-state index in [0.717, 1.165) is 32.6 Å². The van der Waals surface area contributed by atoms with E-state index in [2.05, 4.69) is 41.4 Å². The molecule has 1 aliphatic rings. The van der Waals surface area contributed by atoms with Crippen molar-refractivity contribution in [3.05, 3.63) is 35.9 Å². The van der Waals surface area contributed by atoms with Crippen molar-refractivity contribution < 1.29 is 5.11 Å². The highest BCUT2D eigenvalue weighted by molar-refractivity contribution is 5.15. The Balaban J connectivity index is 2.08. The zero-order valence-corrected chi connectivity index (χ0v) is 11.4. The van der Waals surface area contributed by atoms with E-state index in [9.17, 15) is 5.11 Å². The van der Waals surface area contributed by atoms with Gasteiger partial charge in [-0.25, -0.2) is 0 Å². The number of hydrogen-bond donors (Lipinski definition) is 2. The van der Waals surface area contributed by atoms with Crippen LogP contribution in [0.15, 0.2) is 30.3 Å². The standard InChI is InChI=1S/C15H24N2O/c1-3-17(12-13-7-5-4-6-8-13)14-11-16-10-9-15(14,2)18/h4-8,14,16,18H,3,9-12H2,1-2H3. The monoisotopic (exact) mass is 248 g/mol. The van der Waals surface area contributed by atoms with Crippen molar-refractivity contribution in [3.63, 3.8) is 0 Å². The van der Waals surface area contributed by atoms with E-state index in [4.69, 9.17) is 0 Å². The molecule has 3 heteroatoms. The van der Waals surface area contributed by atoms with E-state index < -0.39 is 5.60 Å². The van der Waals surface area contributed by atoms with Crippen molar-refractivity contribution in [3.8, 4) is 0 Å². The summed E-state index contributed by atoms with van der Waals surface area (Å²) in [7, 11) is 0. The van der Waals surface area contributed by atoms with Gasteiger partial charge in [0.1, 0.15) is 0 Å². The van der Waals surface area contributed by atoms with Crippen LogP contribution in [0.3, 0.4) is 0 Å². The number of likely N-dealkylation sites (N-methyl/N-ethyl adjacent to an activating group) is 1. The van der Waals surface area contributed by atoms with Crippen LogP contribution in [-0.4, -0.2) is 41.3 Å². The van der Waals surface area contributed by atoms with Gasteiger partial charge < -0.3 is 10.4 Å². The molecule has 1 heterocycles. The minimum Gasteiger partial charge on any atom is -0.388 e. The first-order valence-corrected chi connectivity index (χ1v) is 6.84. The van der Waals surface area contributed by atoms with E-state index in [1.165, 1.54) is 5.56 Å². The molecule has 1 aromatic rings. The summed E-state index contributed by atoms with van der Waals surface area (Å²) in [6.07, 6.45) is 0.822. The van der Waals surface area contributed by atoms with Gasteiger partial charge in [0.25, 0.3) is 0 Å². The van der Waals surface area contributed by atoms with Gasteiger partial charge in [0.2, 0.25) is 0 Å². The van der Waals surface area contributed by atoms with Gasteiger partial charge in [-0.2, -0.15) is 0 Å².